The van der Waals surface area contributed by atoms with Crippen molar-refractivity contribution in [1.82, 2.24) is 4.90 Å². The van der Waals surface area contributed by atoms with Gasteiger partial charge in [0, 0.05) is 23.2 Å². The SMILES string of the molecule is Cc1ccc(NCC(=O)N2CCCCCC2)cc1Br. The average Bonchev–Trinajstić information content (AvgIpc) is 2.69. The van der Waals surface area contributed by atoms with Crippen LogP contribution >= 0.6 is 15.9 Å². The molecule has 4 heteroatoms. The lowest BCUT2D eigenvalue weighted by Crippen LogP contribution is -2.36. The van der Waals surface area contributed by atoms with Gasteiger partial charge in [-0.2, -0.15) is 0 Å². The van der Waals surface area contributed by atoms with Crippen molar-refractivity contribution in [2.24, 2.45) is 0 Å². The van der Waals surface area contributed by atoms with E-state index >= 15 is 0 Å². The fourth-order valence-electron chi connectivity index (χ4n) is 2.31. The fourth-order valence-corrected chi connectivity index (χ4v) is 2.69. The van der Waals surface area contributed by atoms with E-state index in [1.54, 1.807) is 0 Å². The summed E-state index contributed by atoms with van der Waals surface area (Å²) < 4.78 is 1.07. The second-order valence-electron chi connectivity index (χ2n) is 5.11. The highest BCUT2D eigenvalue weighted by atomic mass is 79.9. The second kappa shape index (κ2) is 6.94. The Labute approximate surface area is 123 Å². The molecule has 1 heterocycles. The number of amides is 1. The molecule has 1 amide bonds. The molecule has 0 unspecified atom stereocenters. The van der Waals surface area contributed by atoms with Crippen LogP contribution in [0.1, 0.15) is 31.2 Å². The Kier molecular flexibility index (Phi) is 5.25. The monoisotopic (exact) mass is 324 g/mol. The van der Waals surface area contributed by atoms with Crippen molar-refractivity contribution < 1.29 is 4.79 Å². The first-order chi connectivity index (χ1) is 9.16. The van der Waals surface area contributed by atoms with Crippen LogP contribution < -0.4 is 5.32 Å². The van der Waals surface area contributed by atoms with Gasteiger partial charge in [-0.25, -0.2) is 0 Å². The van der Waals surface area contributed by atoms with Gasteiger partial charge in [-0.1, -0.05) is 34.8 Å². The molecule has 1 saturated heterocycles. The zero-order valence-electron chi connectivity index (χ0n) is 11.4. The van der Waals surface area contributed by atoms with Crippen LogP contribution in [0, 0.1) is 6.92 Å². The largest absolute Gasteiger partial charge is 0.376 e. The predicted octanol–water partition coefficient (Wildman–Crippen LogP) is 3.57. The number of hydrogen-bond donors (Lipinski definition) is 1. The molecule has 1 aromatic carbocycles. The maximum absolute atomic E-state index is 12.1. The van der Waals surface area contributed by atoms with Crippen molar-refractivity contribution in [3.8, 4) is 0 Å². The maximum Gasteiger partial charge on any atom is 0.241 e. The number of aryl methyl sites for hydroxylation is 1. The summed E-state index contributed by atoms with van der Waals surface area (Å²) in [5.41, 5.74) is 2.19. The van der Waals surface area contributed by atoms with Crippen LogP contribution in [-0.2, 0) is 4.79 Å². The number of likely N-dealkylation sites (tertiary alicyclic amines) is 1. The molecule has 1 N–H and O–H groups in total. The van der Waals surface area contributed by atoms with Crippen LogP contribution in [0.3, 0.4) is 0 Å². The number of halogens is 1. The van der Waals surface area contributed by atoms with E-state index in [1.165, 1.54) is 18.4 Å². The lowest BCUT2D eigenvalue weighted by Gasteiger charge is -2.20. The van der Waals surface area contributed by atoms with Crippen molar-refractivity contribution in [3.05, 3.63) is 28.2 Å². The highest BCUT2D eigenvalue weighted by Crippen LogP contribution is 2.20. The average molecular weight is 325 g/mol. The van der Waals surface area contributed by atoms with Crippen molar-refractivity contribution in [2.45, 2.75) is 32.6 Å². The molecule has 0 spiro atoms. The van der Waals surface area contributed by atoms with Gasteiger partial charge in [-0.15, -0.1) is 0 Å². The Hall–Kier alpha value is -1.03. The topological polar surface area (TPSA) is 32.3 Å². The molecule has 0 saturated carbocycles. The number of rotatable bonds is 3. The highest BCUT2D eigenvalue weighted by Gasteiger charge is 2.14. The van der Waals surface area contributed by atoms with E-state index in [9.17, 15) is 4.79 Å². The molecule has 3 nitrogen and oxygen atoms in total. The van der Waals surface area contributed by atoms with Crippen LogP contribution in [0.5, 0.6) is 0 Å². The number of nitrogens with zero attached hydrogens (tertiary/aromatic N) is 1. The maximum atomic E-state index is 12.1. The molecule has 19 heavy (non-hydrogen) atoms. The van der Waals surface area contributed by atoms with E-state index < -0.39 is 0 Å². The molecule has 0 bridgehead atoms. The van der Waals surface area contributed by atoms with Gasteiger partial charge in [-0.3, -0.25) is 4.79 Å². The highest BCUT2D eigenvalue weighted by molar-refractivity contribution is 9.10. The Morgan fingerprint density at radius 3 is 2.58 bits per heavy atom. The van der Waals surface area contributed by atoms with Gasteiger partial charge >= 0.3 is 0 Å². The van der Waals surface area contributed by atoms with Crippen LogP contribution in [0.25, 0.3) is 0 Å². The lowest BCUT2D eigenvalue weighted by molar-refractivity contribution is -0.129. The smallest absolute Gasteiger partial charge is 0.241 e. The molecule has 1 aromatic rings. The molecular weight excluding hydrogens is 304 g/mol. The van der Waals surface area contributed by atoms with Crippen molar-refractivity contribution in [2.75, 3.05) is 25.0 Å². The minimum atomic E-state index is 0.207. The zero-order chi connectivity index (χ0) is 13.7. The minimum Gasteiger partial charge on any atom is -0.376 e. The summed E-state index contributed by atoms with van der Waals surface area (Å²) in [6.07, 6.45) is 4.79. The Morgan fingerprint density at radius 2 is 1.95 bits per heavy atom. The summed E-state index contributed by atoms with van der Waals surface area (Å²) in [5.74, 6) is 0.207. The number of carbonyl (C=O) groups is 1. The molecular formula is C15H21BrN2O. The van der Waals surface area contributed by atoms with Crippen LogP contribution in [0.4, 0.5) is 5.69 Å². The first kappa shape index (κ1) is 14.4. The van der Waals surface area contributed by atoms with E-state index in [2.05, 4.69) is 28.2 Å². The summed E-state index contributed by atoms with van der Waals surface area (Å²) in [7, 11) is 0. The van der Waals surface area contributed by atoms with Gasteiger partial charge in [-0.05, 0) is 37.5 Å². The van der Waals surface area contributed by atoms with Crippen molar-refractivity contribution >= 4 is 27.5 Å². The standard InChI is InChI=1S/C15H21BrN2O/c1-12-6-7-13(10-14(12)16)17-11-15(19)18-8-4-2-3-5-9-18/h6-7,10,17H,2-5,8-9,11H2,1H3. The van der Waals surface area contributed by atoms with E-state index in [1.807, 2.05) is 23.1 Å². The number of hydrogen-bond acceptors (Lipinski definition) is 2. The molecule has 0 radical (unpaired) electrons. The van der Waals surface area contributed by atoms with Gasteiger partial charge in [0.15, 0.2) is 0 Å². The van der Waals surface area contributed by atoms with E-state index in [0.717, 1.165) is 36.1 Å². The molecule has 2 rings (SSSR count). The summed E-state index contributed by atoms with van der Waals surface area (Å²) in [5, 5.41) is 3.21. The molecule has 1 fully saturated rings. The fraction of sp³-hybridized carbons (Fsp3) is 0.533. The molecule has 104 valence electrons. The Morgan fingerprint density at radius 1 is 1.26 bits per heavy atom. The van der Waals surface area contributed by atoms with Gasteiger partial charge in [0.2, 0.25) is 5.91 Å². The van der Waals surface area contributed by atoms with E-state index in [4.69, 9.17) is 0 Å². The van der Waals surface area contributed by atoms with Gasteiger partial charge < -0.3 is 10.2 Å². The summed E-state index contributed by atoms with van der Waals surface area (Å²) >= 11 is 3.50. The van der Waals surface area contributed by atoms with Crippen molar-refractivity contribution in [3.63, 3.8) is 0 Å². The first-order valence-corrected chi connectivity index (χ1v) is 7.74. The zero-order valence-corrected chi connectivity index (χ0v) is 13.0. The molecule has 1 aliphatic heterocycles. The summed E-state index contributed by atoms with van der Waals surface area (Å²) in [6, 6.07) is 6.07. The van der Waals surface area contributed by atoms with E-state index in [-0.39, 0.29) is 5.91 Å². The number of nitrogens with one attached hydrogen (secondary N) is 1. The number of benzene rings is 1. The molecule has 0 aromatic heterocycles. The molecule has 0 aliphatic carbocycles. The summed E-state index contributed by atoms with van der Waals surface area (Å²) in [6.45, 7) is 4.27. The molecule has 0 atom stereocenters. The number of carbonyl (C=O) groups excluding carboxylic acids is 1. The Bertz CT molecular complexity index is 440. The second-order valence-corrected chi connectivity index (χ2v) is 5.97. The first-order valence-electron chi connectivity index (χ1n) is 6.94. The van der Waals surface area contributed by atoms with Crippen LogP contribution in [-0.4, -0.2) is 30.4 Å². The van der Waals surface area contributed by atoms with Crippen LogP contribution in [0.15, 0.2) is 22.7 Å². The minimum absolute atomic E-state index is 0.207. The molecule has 1 aliphatic rings. The normalized spacial score (nSPS) is 16.0. The number of anilines is 1. The third-order valence-corrected chi connectivity index (χ3v) is 4.43. The van der Waals surface area contributed by atoms with Crippen LogP contribution in [0.2, 0.25) is 0 Å². The van der Waals surface area contributed by atoms with Gasteiger partial charge in [0.05, 0.1) is 6.54 Å². The predicted molar refractivity (Wildman–Crippen MR) is 82.4 cm³/mol. The van der Waals surface area contributed by atoms with Gasteiger partial charge in [0.25, 0.3) is 0 Å². The van der Waals surface area contributed by atoms with E-state index in [0.29, 0.717) is 6.54 Å². The third-order valence-electron chi connectivity index (χ3n) is 3.57. The third kappa shape index (κ3) is 4.23. The van der Waals surface area contributed by atoms with Crippen molar-refractivity contribution in [1.29, 1.82) is 0 Å². The summed E-state index contributed by atoms with van der Waals surface area (Å²) in [4.78, 5) is 14.1. The Balaban J connectivity index is 1.86. The quantitative estimate of drug-likeness (QED) is 0.921. The van der Waals surface area contributed by atoms with Gasteiger partial charge in [0.1, 0.15) is 0 Å². The lowest BCUT2D eigenvalue weighted by atomic mass is 10.2.